The van der Waals surface area contributed by atoms with Crippen LogP contribution in [0.5, 0.6) is 0 Å². The first-order valence-electron chi connectivity index (χ1n) is 4.65. The maximum Gasteiger partial charge on any atom is 0.407 e. The number of hydrogen-bond acceptors (Lipinski definition) is 3. The molecule has 5 heteroatoms. The fourth-order valence-electron chi connectivity index (χ4n) is 1.51. The van der Waals surface area contributed by atoms with Crippen molar-refractivity contribution in [3.63, 3.8) is 0 Å². The number of nitrogens with zero attached hydrogens (tertiary/aromatic N) is 1. The second-order valence-electron chi connectivity index (χ2n) is 3.31. The molecule has 4 N–H and O–H groups in total. The normalized spacial score (nSPS) is 22.2. The first-order chi connectivity index (χ1) is 6.24. The molecule has 1 atom stereocenters. The van der Waals surface area contributed by atoms with Crippen molar-refractivity contribution in [1.29, 1.82) is 0 Å². The molecule has 0 aliphatic carbocycles. The van der Waals surface area contributed by atoms with E-state index in [0.717, 1.165) is 19.4 Å². The molecule has 13 heavy (non-hydrogen) atoms. The Balaban J connectivity index is 2.14. The van der Waals surface area contributed by atoms with Crippen LogP contribution in [0.15, 0.2) is 0 Å². The minimum absolute atomic E-state index is 0.322. The Morgan fingerprint density at radius 2 is 2.46 bits per heavy atom. The topological polar surface area (TPSA) is 78.6 Å². The summed E-state index contributed by atoms with van der Waals surface area (Å²) in [5, 5.41) is 12.0. The van der Waals surface area contributed by atoms with Gasteiger partial charge in [0.05, 0.1) is 0 Å². The van der Waals surface area contributed by atoms with Gasteiger partial charge in [-0.25, -0.2) is 4.79 Å². The number of carboxylic acid groups (broad SMARTS) is 1. The molecular formula is C8H17N3O2. The summed E-state index contributed by atoms with van der Waals surface area (Å²) >= 11 is 0. The van der Waals surface area contributed by atoms with E-state index in [4.69, 9.17) is 10.8 Å². The number of rotatable bonds is 4. The second kappa shape index (κ2) is 5.04. The van der Waals surface area contributed by atoms with Crippen LogP contribution >= 0.6 is 0 Å². The average molecular weight is 187 g/mol. The first kappa shape index (κ1) is 10.3. The van der Waals surface area contributed by atoms with Gasteiger partial charge in [0.15, 0.2) is 0 Å². The van der Waals surface area contributed by atoms with Gasteiger partial charge in [-0.1, -0.05) is 0 Å². The fraction of sp³-hybridized carbons (Fsp3) is 0.875. The van der Waals surface area contributed by atoms with Gasteiger partial charge >= 0.3 is 6.09 Å². The second-order valence-corrected chi connectivity index (χ2v) is 3.31. The van der Waals surface area contributed by atoms with Crippen molar-refractivity contribution < 1.29 is 9.90 Å². The molecule has 1 amide bonds. The van der Waals surface area contributed by atoms with E-state index in [9.17, 15) is 4.79 Å². The third kappa shape index (κ3) is 3.20. The van der Waals surface area contributed by atoms with Crippen LogP contribution in [0.3, 0.4) is 0 Å². The summed E-state index contributed by atoms with van der Waals surface area (Å²) in [5.41, 5.74) is 5.34. The highest BCUT2D eigenvalue weighted by Gasteiger charge is 2.24. The molecule has 1 unspecified atom stereocenters. The molecule has 0 saturated carbocycles. The summed E-state index contributed by atoms with van der Waals surface area (Å²) in [7, 11) is 0. The van der Waals surface area contributed by atoms with E-state index < -0.39 is 6.09 Å². The summed E-state index contributed by atoms with van der Waals surface area (Å²) in [6.45, 7) is 2.83. The van der Waals surface area contributed by atoms with Crippen molar-refractivity contribution in [2.75, 3.05) is 26.2 Å². The van der Waals surface area contributed by atoms with Crippen LogP contribution in [0, 0.1) is 0 Å². The number of amides is 1. The van der Waals surface area contributed by atoms with Gasteiger partial charge in [-0.15, -0.1) is 0 Å². The minimum Gasteiger partial charge on any atom is -0.465 e. The van der Waals surface area contributed by atoms with Gasteiger partial charge in [0.2, 0.25) is 0 Å². The standard InChI is InChI=1S/C8H17N3O2/c9-3-1-4-10-7-2-5-11(6-7)8(12)13/h7,10H,1-6,9H2,(H,12,13). The summed E-state index contributed by atoms with van der Waals surface area (Å²) < 4.78 is 0. The highest BCUT2D eigenvalue weighted by atomic mass is 16.4. The average Bonchev–Trinajstić information content (AvgIpc) is 2.53. The predicted octanol–water partition coefficient (Wildman–Crippen LogP) is -0.323. The smallest absolute Gasteiger partial charge is 0.407 e. The van der Waals surface area contributed by atoms with Crippen LogP contribution in [0.25, 0.3) is 0 Å². The van der Waals surface area contributed by atoms with E-state index in [1.54, 1.807) is 0 Å². The molecule has 1 rings (SSSR count). The van der Waals surface area contributed by atoms with Crippen LogP contribution < -0.4 is 11.1 Å². The molecule has 0 spiro atoms. The maximum absolute atomic E-state index is 10.6. The number of carbonyl (C=O) groups is 1. The molecule has 0 aromatic carbocycles. The Morgan fingerprint density at radius 3 is 3.00 bits per heavy atom. The lowest BCUT2D eigenvalue weighted by Gasteiger charge is -2.13. The Morgan fingerprint density at radius 1 is 1.69 bits per heavy atom. The molecule has 0 aromatic rings. The van der Waals surface area contributed by atoms with Crippen molar-refractivity contribution in [3.8, 4) is 0 Å². The van der Waals surface area contributed by atoms with Crippen LogP contribution in [0.2, 0.25) is 0 Å². The molecular weight excluding hydrogens is 170 g/mol. The zero-order chi connectivity index (χ0) is 9.68. The largest absolute Gasteiger partial charge is 0.465 e. The van der Waals surface area contributed by atoms with Gasteiger partial charge in [-0.3, -0.25) is 0 Å². The lowest BCUT2D eigenvalue weighted by Crippen LogP contribution is -2.35. The van der Waals surface area contributed by atoms with Crippen molar-refractivity contribution in [2.24, 2.45) is 5.73 Å². The lowest BCUT2D eigenvalue weighted by atomic mass is 10.2. The van der Waals surface area contributed by atoms with Crippen molar-refractivity contribution in [1.82, 2.24) is 10.2 Å². The van der Waals surface area contributed by atoms with E-state index in [1.807, 2.05) is 0 Å². The van der Waals surface area contributed by atoms with Gasteiger partial charge in [0.1, 0.15) is 0 Å². The molecule has 1 heterocycles. The molecule has 1 aliphatic heterocycles. The van der Waals surface area contributed by atoms with Crippen molar-refractivity contribution in [3.05, 3.63) is 0 Å². The van der Waals surface area contributed by atoms with Crippen LogP contribution in [-0.2, 0) is 0 Å². The third-order valence-electron chi connectivity index (χ3n) is 2.27. The van der Waals surface area contributed by atoms with Gasteiger partial charge in [0.25, 0.3) is 0 Å². The molecule has 0 aromatic heterocycles. The highest BCUT2D eigenvalue weighted by molar-refractivity contribution is 5.65. The van der Waals surface area contributed by atoms with Gasteiger partial charge in [0, 0.05) is 19.1 Å². The van der Waals surface area contributed by atoms with Crippen LogP contribution in [0.4, 0.5) is 4.79 Å². The quantitative estimate of drug-likeness (QED) is 0.527. The number of nitrogens with two attached hydrogens (primary N) is 1. The number of hydrogen-bond donors (Lipinski definition) is 3. The van der Waals surface area contributed by atoms with E-state index in [1.165, 1.54) is 4.90 Å². The lowest BCUT2D eigenvalue weighted by molar-refractivity contribution is 0.154. The Labute approximate surface area is 77.9 Å². The Hall–Kier alpha value is -0.810. The molecule has 0 bridgehead atoms. The maximum atomic E-state index is 10.6. The van der Waals surface area contributed by atoms with Crippen molar-refractivity contribution in [2.45, 2.75) is 18.9 Å². The number of likely N-dealkylation sites (tertiary alicyclic amines) is 1. The molecule has 1 fully saturated rings. The highest BCUT2D eigenvalue weighted by Crippen LogP contribution is 2.08. The molecule has 76 valence electrons. The monoisotopic (exact) mass is 187 g/mol. The summed E-state index contributed by atoms with van der Waals surface area (Å²) in [6, 6.07) is 0.322. The molecule has 1 aliphatic rings. The molecule has 1 saturated heterocycles. The molecule has 5 nitrogen and oxygen atoms in total. The van der Waals surface area contributed by atoms with E-state index in [0.29, 0.717) is 25.7 Å². The summed E-state index contributed by atoms with van der Waals surface area (Å²) in [6.07, 6.45) is 1.04. The fourth-order valence-corrected chi connectivity index (χ4v) is 1.51. The van der Waals surface area contributed by atoms with E-state index in [2.05, 4.69) is 5.32 Å². The minimum atomic E-state index is -0.817. The van der Waals surface area contributed by atoms with E-state index in [-0.39, 0.29) is 0 Å². The molecule has 0 radical (unpaired) electrons. The Bertz CT molecular complexity index is 175. The first-order valence-corrected chi connectivity index (χ1v) is 4.65. The Kier molecular flexibility index (Phi) is 3.98. The third-order valence-corrected chi connectivity index (χ3v) is 2.27. The number of nitrogens with one attached hydrogen (secondary N) is 1. The van der Waals surface area contributed by atoms with Crippen molar-refractivity contribution >= 4 is 6.09 Å². The zero-order valence-corrected chi connectivity index (χ0v) is 7.70. The zero-order valence-electron chi connectivity index (χ0n) is 7.70. The summed E-state index contributed by atoms with van der Waals surface area (Å²) in [5.74, 6) is 0. The SMILES string of the molecule is NCCCNC1CCN(C(=O)O)C1. The summed E-state index contributed by atoms with van der Waals surface area (Å²) in [4.78, 5) is 12.0. The van der Waals surface area contributed by atoms with Gasteiger partial charge in [-0.05, 0) is 25.9 Å². The van der Waals surface area contributed by atoms with Gasteiger partial charge in [-0.2, -0.15) is 0 Å². The van der Waals surface area contributed by atoms with Crippen LogP contribution in [0.1, 0.15) is 12.8 Å². The van der Waals surface area contributed by atoms with Crippen LogP contribution in [-0.4, -0.2) is 48.3 Å². The van der Waals surface area contributed by atoms with E-state index >= 15 is 0 Å². The predicted molar refractivity (Wildman–Crippen MR) is 49.7 cm³/mol. The van der Waals surface area contributed by atoms with Gasteiger partial charge < -0.3 is 21.1 Å².